The molecule has 0 radical (unpaired) electrons. The number of carbonyl (C=O) groups is 1. The van der Waals surface area contributed by atoms with Crippen molar-refractivity contribution in [1.82, 2.24) is 10.2 Å². The van der Waals surface area contributed by atoms with Crippen molar-refractivity contribution in [2.45, 2.75) is 6.92 Å². The molecule has 1 aromatic heterocycles. The van der Waals surface area contributed by atoms with E-state index >= 15 is 0 Å². The van der Waals surface area contributed by atoms with Gasteiger partial charge in [-0.05, 0) is 36.8 Å². The molecule has 3 N–H and O–H groups in total. The highest BCUT2D eigenvalue weighted by atomic mass is 16.1. The van der Waals surface area contributed by atoms with Crippen molar-refractivity contribution in [3.05, 3.63) is 53.2 Å². The summed E-state index contributed by atoms with van der Waals surface area (Å²) in [7, 11) is 0. The lowest BCUT2D eigenvalue weighted by atomic mass is 10.0. The molecule has 1 heterocycles. The smallest absolute Gasteiger partial charge is 0.256 e. The van der Waals surface area contributed by atoms with E-state index in [0.717, 1.165) is 11.1 Å². The largest absolute Gasteiger partial charge is 0.320 e. The van der Waals surface area contributed by atoms with Gasteiger partial charge in [-0.15, -0.1) is 5.10 Å². The Balaban J connectivity index is 2.22. The highest BCUT2D eigenvalue weighted by molar-refractivity contribution is 6.04. The van der Waals surface area contributed by atoms with Crippen LogP contribution in [0.4, 0.5) is 5.82 Å². The van der Waals surface area contributed by atoms with Crippen LogP contribution in [0.2, 0.25) is 0 Å². The van der Waals surface area contributed by atoms with Crippen molar-refractivity contribution in [1.29, 1.82) is 0 Å². The van der Waals surface area contributed by atoms with E-state index in [4.69, 9.17) is 5.73 Å². The number of amides is 1. The summed E-state index contributed by atoms with van der Waals surface area (Å²) in [5.41, 5.74) is 7.67. The Labute approximate surface area is 117 Å². The number of anilines is 1. The Morgan fingerprint density at radius 1 is 1.40 bits per heavy atom. The van der Waals surface area contributed by atoms with Gasteiger partial charge in [-0.25, -0.2) is 0 Å². The van der Waals surface area contributed by atoms with Gasteiger partial charge in [0, 0.05) is 17.3 Å². The normalized spacial score (nSPS) is 9.50. The van der Waals surface area contributed by atoms with Crippen molar-refractivity contribution in [3.8, 4) is 11.8 Å². The Hall–Kier alpha value is -2.71. The zero-order chi connectivity index (χ0) is 14.4. The standard InChI is InChI=1S/C15H14N4O/c1-11-6-7-13(10-12(11)4-2-8-16)15(20)18-14-5-3-9-17-19-14/h3,5-7,9-10H,8,16H2,1H3,(H,18,19,20). The van der Waals surface area contributed by atoms with Crippen LogP contribution < -0.4 is 11.1 Å². The van der Waals surface area contributed by atoms with Crippen LogP contribution in [0.1, 0.15) is 21.5 Å². The number of hydrogen-bond acceptors (Lipinski definition) is 4. The third kappa shape index (κ3) is 3.40. The van der Waals surface area contributed by atoms with E-state index in [2.05, 4.69) is 27.4 Å². The number of nitrogens with zero attached hydrogens (tertiary/aromatic N) is 2. The molecule has 0 spiro atoms. The van der Waals surface area contributed by atoms with Gasteiger partial charge in [0.15, 0.2) is 5.82 Å². The van der Waals surface area contributed by atoms with Gasteiger partial charge in [-0.1, -0.05) is 17.9 Å². The van der Waals surface area contributed by atoms with Crippen molar-refractivity contribution in [3.63, 3.8) is 0 Å². The molecule has 0 fully saturated rings. The predicted octanol–water partition coefficient (Wildman–Crippen LogP) is 1.35. The van der Waals surface area contributed by atoms with Crippen molar-refractivity contribution in [2.24, 2.45) is 5.73 Å². The highest BCUT2D eigenvalue weighted by Gasteiger charge is 2.08. The Morgan fingerprint density at radius 2 is 2.25 bits per heavy atom. The first kappa shape index (κ1) is 13.7. The number of nitrogens with two attached hydrogens (primary N) is 1. The van der Waals surface area contributed by atoms with Crippen LogP contribution in [-0.2, 0) is 0 Å². The maximum atomic E-state index is 12.1. The third-order valence-corrected chi connectivity index (χ3v) is 2.64. The number of hydrogen-bond donors (Lipinski definition) is 2. The first-order chi connectivity index (χ1) is 9.70. The van der Waals surface area contributed by atoms with Gasteiger partial charge in [-0.3, -0.25) is 4.79 Å². The summed E-state index contributed by atoms with van der Waals surface area (Å²) >= 11 is 0. The van der Waals surface area contributed by atoms with E-state index in [1.807, 2.05) is 13.0 Å². The van der Waals surface area contributed by atoms with Crippen molar-refractivity contribution >= 4 is 11.7 Å². The molecule has 5 nitrogen and oxygen atoms in total. The second kappa shape index (κ2) is 6.45. The molecule has 5 heteroatoms. The van der Waals surface area contributed by atoms with Gasteiger partial charge in [0.25, 0.3) is 5.91 Å². The summed E-state index contributed by atoms with van der Waals surface area (Å²) in [6.07, 6.45) is 1.54. The van der Waals surface area contributed by atoms with Gasteiger partial charge >= 0.3 is 0 Å². The average molecular weight is 266 g/mol. The Morgan fingerprint density at radius 3 is 2.95 bits per heavy atom. The zero-order valence-corrected chi connectivity index (χ0v) is 11.1. The van der Waals surface area contributed by atoms with Gasteiger partial charge in [-0.2, -0.15) is 5.10 Å². The van der Waals surface area contributed by atoms with Gasteiger partial charge in [0.1, 0.15) is 0 Å². The summed E-state index contributed by atoms with van der Waals surface area (Å²) < 4.78 is 0. The second-order valence-corrected chi connectivity index (χ2v) is 4.10. The lowest BCUT2D eigenvalue weighted by Gasteiger charge is -2.05. The topological polar surface area (TPSA) is 80.9 Å². The van der Waals surface area contributed by atoms with Crippen molar-refractivity contribution in [2.75, 3.05) is 11.9 Å². The maximum absolute atomic E-state index is 12.1. The van der Waals surface area contributed by atoms with E-state index in [-0.39, 0.29) is 12.5 Å². The summed E-state index contributed by atoms with van der Waals surface area (Å²) in [5.74, 6) is 5.89. The second-order valence-electron chi connectivity index (χ2n) is 4.10. The average Bonchev–Trinajstić information content (AvgIpc) is 2.47. The minimum Gasteiger partial charge on any atom is -0.320 e. The van der Waals surface area contributed by atoms with Gasteiger partial charge in [0.05, 0.1) is 6.54 Å². The van der Waals surface area contributed by atoms with E-state index in [1.165, 1.54) is 0 Å². The Kier molecular flexibility index (Phi) is 4.43. The molecule has 0 aliphatic carbocycles. The molecule has 0 aliphatic rings. The number of nitrogens with one attached hydrogen (secondary N) is 1. The maximum Gasteiger partial charge on any atom is 0.256 e. The molecule has 0 atom stereocenters. The molecule has 0 aliphatic heterocycles. The minimum absolute atomic E-state index is 0.249. The molecular formula is C15H14N4O. The number of aryl methyl sites for hydroxylation is 1. The van der Waals surface area contributed by atoms with E-state index in [1.54, 1.807) is 30.5 Å². The molecule has 1 aromatic carbocycles. The summed E-state index contributed by atoms with van der Waals surface area (Å²) in [6.45, 7) is 2.22. The van der Waals surface area contributed by atoms with Gasteiger partial charge in [0.2, 0.25) is 0 Å². The van der Waals surface area contributed by atoms with Crippen LogP contribution >= 0.6 is 0 Å². The fourth-order valence-corrected chi connectivity index (χ4v) is 1.60. The van der Waals surface area contributed by atoms with Crippen LogP contribution in [0, 0.1) is 18.8 Å². The molecule has 20 heavy (non-hydrogen) atoms. The number of carbonyl (C=O) groups excluding carboxylic acids is 1. The van der Waals surface area contributed by atoms with Crippen LogP contribution in [0.3, 0.4) is 0 Å². The minimum atomic E-state index is -0.249. The van der Waals surface area contributed by atoms with Crippen LogP contribution in [0.25, 0.3) is 0 Å². The van der Waals surface area contributed by atoms with E-state index in [0.29, 0.717) is 11.4 Å². The zero-order valence-electron chi connectivity index (χ0n) is 11.1. The monoisotopic (exact) mass is 266 g/mol. The van der Waals surface area contributed by atoms with E-state index < -0.39 is 0 Å². The van der Waals surface area contributed by atoms with Crippen LogP contribution in [0.15, 0.2) is 36.5 Å². The molecule has 100 valence electrons. The van der Waals surface area contributed by atoms with E-state index in [9.17, 15) is 4.79 Å². The first-order valence-electron chi connectivity index (χ1n) is 6.09. The molecular weight excluding hydrogens is 252 g/mol. The van der Waals surface area contributed by atoms with Gasteiger partial charge < -0.3 is 11.1 Å². The molecule has 2 rings (SSSR count). The fourth-order valence-electron chi connectivity index (χ4n) is 1.60. The molecule has 1 amide bonds. The lowest BCUT2D eigenvalue weighted by Crippen LogP contribution is -2.13. The van der Waals surface area contributed by atoms with Crippen LogP contribution in [-0.4, -0.2) is 22.6 Å². The summed E-state index contributed by atoms with van der Waals surface area (Å²) in [4.78, 5) is 12.1. The number of rotatable bonds is 2. The fraction of sp³-hybridized carbons (Fsp3) is 0.133. The molecule has 2 aromatic rings. The summed E-state index contributed by atoms with van der Waals surface area (Å²) in [5, 5.41) is 10.2. The molecule has 0 bridgehead atoms. The SMILES string of the molecule is Cc1ccc(C(=O)Nc2cccnn2)cc1C#CCN. The third-order valence-electron chi connectivity index (χ3n) is 2.64. The summed E-state index contributed by atoms with van der Waals surface area (Å²) in [6, 6.07) is 8.72. The first-order valence-corrected chi connectivity index (χ1v) is 6.09. The lowest BCUT2D eigenvalue weighted by molar-refractivity contribution is 0.102. The molecule has 0 saturated heterocycles. The quantitative estimate of drug-likeness (QED) is 0.804. The molecule has 0 saturated carbocycles. The predicted molar refractivity (Wildman–Crippen MR) is 77.1 cm³/mol. The number of benzene rings is 1. The van der Waals surface area contributed by atoms with Crippen LogP contribution in [0.5, 0.6) is 0 Å². The Bertz CT molecular complexity index is 671. The highest BCUT2D eigenvalue weighted by Crippen LogP contribution is 2.11. The van der Waals surface area contributed by atoms with Crippen molar-refractivity contribution < 1.29 is 4.79 Å². The molecule has 0 unspecified atom stereocenters. The number of aromatic nitrogens is 2.